The Hall–Kier alpha value is -2.14. The zero-order chi connectivity index (χ0) is 15.5. The first-order valence-corrected chi connectivity index (χ1v) is 7.01. The van der Waals surface area contributed by atoms with Gasteiger partial charge >= 0.3 is 0 Å². The van der Waals surface area contributed by atoms with E-state index in [4.69, 9.17) is 0 Å². The van der Waals surface area contributed by atoms with Crippen molar-refractivity contribution < 1.29 is 9.90 Å². The molecular weight excluding hydrogens is 266 g/mol. The molecule has 5 nitrogen and oxygen atoms in total. The average molecular weight is 287 g/mol. The molecule has 2 aromatic rings. The summed E-state index contributed by atoms with van der Waals surface area (Å²) in [5.74, 6) is -0.141. The minimum absolute atomic E-state index is 0.0632. The normalized spacial score (nSPS) is 14.0. The van der Waals surface area contributed by atoms with Gasteiger partial charge in [0.15, 0.2) is 0 Å². The van der Waals surface area contributed by atoms with Crippen LogP contribution in [0.25, 0.3) is 5.69 Å². The van der Waals surface area contributed by atoms with Gasteiger partial charge in [-0.15, -0.1) is 0 Å². The predicted octanol–water partition coefficient (Wildman–Crippen LogP) is 2.01. The number of rotatable bonds is 5. The lowest BCUT2D eigenvalue weighted by molar-refractivity contribution is 0.0142. The van der Waals surface area contributed by atoms with E-state index in [9.17, 15) is 9.90 Å². The summed E-state index contributed by atoms with van der Waals surface area (Å²) < 4.78 is 1.70. The molecule has 0 aliphatic heterocycles. The van der Waals surface area contributed by atoms with E-state index in [2.05, 4.69) is 10.4 Å². The number of amides is 1. The standard InChI is InChI=1S/C16H21N3O2/c1-12(2)16(3,21)11-17-15(20)13-6-4-7-14(10-13)19-9-5-8-18-19/h4-10,12,21H,11H2,1-3H3,(H,17,20). The Morgan fingerprint density at radius 2 is 2.19 bits per heavy atom. The summed E-state index contributed by atoms with van der Waals surface area (Å²) in [5.41, 5.74) is 0.445. The molecule has 2 rings (SSSR count). The third-order valence-corrected chi connectivity index (χ3v) is 3.73. The molecule has 5 heteroatoms. The first-order chi connectivity index (χ1) is 9.90. The average Bonchev–Trinajstić information content (AvgIpc) is 2.99. The van der Waals surface area contributed by atoms with E-state index in [0.717, 1.165) is 5.69 Å². The van der Waals surface area contributed by atoms with E-state index in [-0.39, 0.29) is 18.4 Å². The van der Waals surface area contributed by atoms with Gasteiger partial charge < -0.3 is 10.4 Å². The van der Waals surface area contributed by atoms with Crippen LogP contribution >= 0.6 is 0 Å². The van der Waals surface area contributed by atoms with Gasteiger partial charge in [0.05, 0.1) is 11.3 Å². The second kappa shape index (κ2) is 6.10. The summed E-state index contributed by atoms with van der Waals surface area (Å²) in [6.45, 7) is 5.78. The van der Waals surface area contributed by atoms with Crippen LogP contribution in [-0.4, -0.2) is 32.9 Å². The van der Waals surface area contributed by atoms with Gasteiger partial charge in [0, 0.05) is 24.5 Å². The molecule has 0 saturated carbocycles. The molecule has 1 amide bonds. The van der Waals surface area contributed by atoms with Crippen molar-refractivity contribution in [2.24, 2.45) is 5.92 Å². The molecule has 2 N–H and O–H groups in total. The molecule has 1 aromatic carbocycles. The maximum atomic E-state index is 12.2. The maximum absolute atomic E-state index is 12.2. The fourth-order valence-electron chi connectivity index (χ4n) is 1.78. The Morgan fingerprint density at radius 3 is 2.81 bits per heavy atom. The summed E-state index contributed by atoms with van der Waals surface area (Å²) in [4.78, 5) is 12.2. The third-order valence-electron chi connectivity index (χ3n) is 3.73. The monoisotopic (exact) mass is 287 g/mol. The van der Waals surface area contributed by atoms with Gasteiger partial charge in [0.25, 0.3) is 5.91 Å². The molecule has 21 heavy (non-hydrogen) atoms. The van der Waals surface area contributed by atoms with Crippen molar-refractivity contribution in [1.29, 1.82) is 0 Å². The SMILES string of the molecule is CC(C)C(C)(O)CNC(=O)c1cccc(-n2cccn2)c1. The molecule has 1 heterocycles. The molecule has 112 valence electrons. The minimum Gasteiger partial charge on any atom is -0.388 e. The van der Waals surface area contributed by atoms with E-state index < -0.39 is 5.60 Å². The molecule has 0 saturated heterocycles. The van der Waals surface area contributed by atoms with Gasteiger partial charge in [0.2, 0.25) is 0 Å². The highest BCUT2D eigenvalue weighted by atomic mass is 16.3. The van der Waals surface area contributed by atoms with Crippen molar-refractivity contribution in [2.45, 2.75) is 26.4 Å². The number of hydrogen-bond acceptors (Lipinski definition) is 3. The molecule has 0 fully saturated rings. The summed E-state index contributed by atoms with van der Waals surface area (Å²) in [6, 6.07) is 9.03. The van der Waals surface area contributed by atoms with Crippen molar-refractivity contribution in [1.82, 2.24) is 15.1 Å². The number of aromatic nitrogens is 2. The zero-order valence-corrected chi connectivity index (χ0v) is 12.6. The van der Waals surface area contributed by atoms with Crippen molar-refractivity contribution in [3.05, 3.63) is 48.3 Å². The van der Waals surface area contributed by atoms with Gasteiger partial charge in [-0.2, -0.15) is 5.10 Å². The lowest BCUT2D eigenvalue weighted by Gasteiger charge is -2.27. The number of carbonyl (C=O) groups is 1. The Labute approximate surface area is 124 Å². The first kappa shape index (κ1) is 15.3. The molecule has 0 radical (unpaired) electrons. The van der Waals surface area contributed by atoms with Crippen LogP contribution in [0.5, 0.6) is 0 Å². The Morgan fingerprint density at radius 1 is 1.43 bits per heavy atom. The highest BCUT2D eigenvalue weighted by Gasteiger charge is 2.25. The van der Waals surface area contributed by atoms with E-state index in [1.165, 1.54) is 0 Å². The predicted molar refractivity (Wildman–Crippen MR) is 81.4 cm³/mol. The zero-order valence-electron chi connectivity index (χ0n) is 12.6. The lowest BCUT2D eigenvalue weighted by atomic mass is 9.92. The topological polar surface area (TPSA) is 67.2 Å². The van der Waals surface area contributed by atoms with Crippen LogP contribution in [-0.2, 0) is 0 Å². The molecule has 1 unspecified atom stereocenters. The van der Waals surface area contributed by atoms with Gasteiger partial charge in [-0.25, -0.2) is 4.68 Å². The van der Waals surface area contributed by atoms with Crippen LogP contribution in [0.3, 0.4) is 0 Å². The van der Waals surface area contributed by atoms with Crippen LogP contribution in [0.1, 0.15) is 31.1 Å². The van der Waals surface area contributed by atoms with Crippen LogP contribution in [0.15, 0.2) is 42.7 Å². The fourth-order valence-corrected chi connectivity index (χ4v) is 1.78. The highest BCUT2D eigenvalue weighted by Crippen LogP contribution is 2.15. The Balaban J connectivity index is 2.08. The van der Waals surface area contributed by atoms with Crippen LogP contribution < -0.4 is 5.32 Å². The summed E-state index contributed by atoms with van der Waals surface area (Å²) in [7, 11) is 0. The molecule has 0 aliphatic carbocycles. The molecule has 0 aliphatic rings. The highest BCUT2D eigenvalue weighted by molar-refractivity contribution is 5.94. The number of nitrogens with one attached hydrogen (secondary N) is 1. The maximum Gasteiger partial charge on any atom is 0.251 e. The van der Waals surface area contributed by atoms with Crippen LogP contribution in [0.2, 0.25) is 0 Å². The fraction of sp³-hybridized carbons (Fsp3) is 0.375. The van der Waals surface area contributed by atoms with E-state index >= 15 is 0 Å². The van der Waals surface area contributed by atoms with Crippen molar-refractivity contribution in [2.75, 3.05) is 6.54 Å². The summed E-state index contributed by atoms with van der Waals surface area (Å²) in [6.07, 6.45) is 3.51. The first-order valence-electron chi connectivity index (χ1n) is 7.01. The largest absolute Gasteiger partial charge is 0.388 e. The summed E-state index contributed by atoms with van der Waals surface area (Å²) in [5, 5.41) is 17.1. The van der Waals surface area contributed by atoms with E-state index in [1.54, 1.807) is 29.9 Å². The van der Waals surface area contributed by atoms with E-state index in [1.807, 2.05) is 38.2 Å². The van der Waals surface area contributed by atoms with E-state index in [0.29, 0.717) is 5.56 Å². The number of carbonyl (C=O) groups excluding carboxylic acids is 1. The lowest BCUT2D eigenvalue weighted by Crippen LogP contribution is -2.44. The molecule has 1 atom stereocenters. The van der Waals surface area contributed by atoms with Crippen molar-refractivity contribution >= 4 is 5.91 Å². The smallest absolute Gasteiger partial charge is 0.251 e. The molecule has 1 aromatic heterocycles. The van der Waals surface area contributed by atoms with Crippen LogP contribution in [0.4, 0.5) is 0 Å². The number of nitrogens with zero attached hydrogens (tertiary/aromatic N) is 2. The number of benzene rings is 1. The molecular formula is C16H21N3O2. The Bertz CT molecular complexity index is 604. The van der Waals surface area contributed by atoms with Crippen molar-refractivity contribution in [3.63, 3.8) is 0 Å². The van der Waals surface area contributed by atoms with Gasteiger partial charge in [0.1, 0.15) is 0 Å². The Kier molecular flexibility index (Phi) is 4.43. The molecule has 0 spiro atoms. The molecule has 0 bridgehead atoms. The number of aliphatic hydroxyl groups is 1. The summed E-state index contributed by atoms with van der Waals surface area (Å²) >= 11 is 0. The second-order valence-electron chi connectivity index (χ2n) is 5.70. The number of hydrogen-bond donors (Lipinski definition) is 2. The van der Waals surface area contributed by atoms with Crippen molar-refractivity contribution in [3.8, 4) is 5.69 Å². The minimum atomic E-state index is -0.921. The van der Waals surface area contributed by atoms with Gasteiger partial charge in [-0.3, -0.25) is 4.79 Å². The van der Waals surface area contributed by atoms with Gasteiger partial charge in [-0.05, 0) is 37.1 Å². The third kappa shape index (κ3) is 3.70. The quantitative estimate of drug-likeness (QED) is 0.884. The van der Waals surface area contributed by atoms with Gasteiger partial charge in [-0.1, -0.05) is 19.9 Å². The second-order valence-corrected chi connectivity index (χ2v) is 5.70. The van der Waals surface area contributed by atoms with Crippen LogP contribution in [0, 0.1) is 5.92 Å².